The lowest BCUT2D eigenvalue weighted by molar-refractivity contribution is -0.120. The van der Waals surface area contributed by atoms with Crippen LogP contribution in [0.2, 0.25) is 0 Å². The maximum atomic E-state index is 13.7. The molecule has 9 nitrogen and oxygen atoms in total. The summed E-state index contributed by atoms with van der Waals surface area (Å²) < 4.78 is 48.8. The Balaban J connectivity index is 2.47. The van der Waals surface area contributed by atoms with Crippen LogP contribution in [-0.2, 0) is 24.1 Å². The number of ether oxygens (including phenoxy) is 4. The highest BCUT2D eigenvalue weighted by atomic mass is 32.2. The van der Waals surface area contributed by atoms with E-state index in [2.05, 4.69) is 10.6 Å². The molecule has 0 heterocycles. The molecule has 2 atom stereocenters. The average Bonchev–Trinajstić information content (AvgIpc) is 2.80. The number of methoxy groups -OCH3 is 4. The molecule has 0 aromatic heterocycles. The number of benzene rings is 1. The quantitative estimate of drug-likeness (QED) is 0.516. The standard InChI is InChI=1S/C21H30N2O7S/c1-6-11-22-20(24)14-23-19-12-15(27-2)9-10-21(19,30-5)31(25,26)16-7-8-17(28-3)18(13-16)29-4/h7-10,12-13,19,23H,6,11,14H2,1-5H3,(H,22,24). The van der Waals surface area contributed by atoms with E-state index in [4.69, 9.17) is 18.9 Å². The van der Waals surface area contributed by atoms with E-state index in [0.717, 1.165) is 6.42 Å². The summed E-state index contributed by atoms with van der Waals surface area (Å²) in [5.74, 6) is 0.862. The molecule has 2 N–H and O–H groups in total. The number of allylic oxidation sites excluding steroid dienone is 1. The number of rotatable bonds is 11. The Kier molecular flexibility index (Phi) is 8.49. The molecule has 31 heavy (non-hydrogen) atoms. The summed E-state index contributed by atoms with van der Waals surface area (Å²) in [7, 11) is 1.56. The number of hydrogen-bond donors (Lipinski definition) is 2. The van der Waals surface area contributed by atoms with E-state index >= 15 is 0 Å². The van der Waals surface area contributed by atoms with Gasteiger partial charge in [-0.15, -0.1) is 0 Å². The van der Waals surface area contributed by atoms with E-state index in [1.807, 2.05) is 6.92 Å². The highest BCUT2D eigenvalue weighted by molar-refractivity contribution is 7.93. The van der Waals surface area contributed by atoms with Crippen molar-refractivity contribution in [1.82, 2.24) is 10.6 Å². The summed E-state index contributed by atoms with van der Waals surface area (Å²) in [6, 6.07) is 3.41. The molecule has 0 spiro atoms. The number of hydrogen-bond acceptors (Lipinski definition) is 8. The average molecular weight is 455 g/mol. The molecule has 2 unspecified atom stereocenters. The van der Waals surface area contributed by atoms with Gasteiger partial charge in [-0.05, 0) is 36.8 Å². The number of nitrogens with one attached hydrogen (secondary N) is 2. The monoisotopic (exact) mass is 454 g/mol. The van der Waals surface area contributed by atoms with Crippen molar-refractivity contribution < 1.29 is 32.2 Å². The van der Waals surface area contributed by atoms with Crippen molar-refractivity contribution in [2.24, 2.45) is 0 Å². The minimum atomic E-state index is -4.12. The van der Waals surface area contributed by atoms with Crippen LogP contribution >= 0.6 is 0 Å². The molecule has 0 fully saturated rings. The molecular formula is C21H30N2O7S. The van der Waals surface area contributed by atoms with Crippen LogP contribution < -0.4 is 20.1 Å². The number of carbonyl (C=O) groups excluding carboxylic acids is 1. The highest BCUT2D eigenvalue weighted by Gasteiger charge is 2.51. The van der Waals surface area contributed by atoms with Crippen LogP contribution in [0.25, 0.3) is 0 Å². The van der Waals surface area contributed by atoms with Gasteiger partial charge in [0, 0.05) is 19.7 Å². The van der Waals surface area contributed by atoms with Crippen molar-refractivity contribution in [1.29, 1.82) is 0 Å². The van der Waals surface area contributed by atoms with E-state index in [-0.39, 0.29) is 23.1 Å². The Bertz CT molecular complexity index is 943. The Morgan fingerprint density at radius 2 is 1.81 bits per heavy atom. The number of sulfone groups is 1. The lowest BCUT2D eigenvalue weighted by atomic mass is 10.0. The maximum Gasteiger partial charge on any atom is 0.233 e. The lowest BCUT2D eigenvalue weighted by Gasteiger charge is -2.37. The first-order valence-corrected chi connectivity index (χ1v) is 11.2. The summed E-state index contributed by atoms with van der Waals surface area (Å²) in [6.07, 6.45) is 5.31. The SMILES string of the molecule is CCCNC(=O)CNC1C=C(OC)C=CC1(OC)S(=O)(=O)c1ccc(OC)c(OC)c1. The lowest BCUT2D eigenvalue weighted by Crippen LogP contribution is -2.57. The van der Waals surface area contributed by atoms with Gasteiger partial charge in [-0.1, -0.05) is 6.92 Å². The number of amides is 1. The normalized spacial score (nSPS) is 20.7. The molecule has 0 saturated heterocycles. The molecule has 1 aliphatic carbocycles. The summed E-state index contributed by atoms with van der Waals surface area (Å²) in [6.45, 7) is 2.38. The molecule has 1 aliphatic rings. The van der Waals surface area contributed by atoms with E-state index in [0.29, 0.717) is 18.1 Å². The third kappa shape index (κ3) is 5.03. The van der Waals surface area contributed by atoms with Gasteiger partial charge in [-0.2, -0.15) is 0 Å². The first kappa shape index (κ1) is 24.7. The van der Waals surface area contributed by atoms with E-state index < -0.39 is 20.8 Å². The van der Waals surface area contributed by atoms with Crippen molar-refractivity contribution in [2.45, 2.75) is 29.2 Å². The first-order chi connectivity index (χ1) is 14.8. The fourth-order valence-corrected chi connectivity index (χ4v) is 5.06. The summed E-state index contributed by atoms with van der Waals surface area (Å²) in [5, 5.41) is 5.73. The predicted molar refractivity (Wildman–Crippen MR) is 116 cm³/mol. The first-order valence-electron chi connectivity index (χ1n) is 9.76. The van der Waals surface area contributed by atoms with Crippen molar-refractivity contribution in [3.05, 3.63) is 42.2 Å². The third-order valence-electron chi connectivity index (χ3n) is 4.94. The Labute approximate surface area is 183 Å². The molecule has 0 saturated carbocycles. The molecule has 0 aliphatic heterocycles. The second-order valence-corrected chi connectivity index (χ2v) is 8.88. The van der Waals surface area contributed by atoms with Crippen LogP contribution in [0.5, 0.6) is 11.5 Å². The summed E-state index contributed by atoms with van der Waals surface area (Å²) in [4.78, 5) is 10.3. The Morgan fingerprint density at radius 3 is 2.39 bits per heavy atom. The van der Waals surface area contributed by atoms with Crippen LogP contribution in [0.1, 0.15) is 13.3 Å². The van der Waals surface area contributed by atoms with Crippen molar-refractivity contribution in [2.75, 3.05) is 41.5 Å². The Hall–Kier alpha value is -2.56. The van der Waals surface area contributed by atoms with Gasteiger partial charge in [0.15, 0.2) is 11.5 Å². The molecule has 1 aromatic carbocycles. The van der Waals surface area contributed by atoms with Gasteiger partial charge >= 0.3 is 0 Å². The molecule has 1 aromatic rings. The summed E-state index contributed by atoms with van der Waals surface area (Å²) in [5.41, 5.74) is 0. The smallest absolute Gasteiger partial charge is 0.233 e. The fourth-order valence-electron chi connectivity index (χ4n) is 3.23. The van der Waals surface area contributed by atoms with Gasteiger partial charge in [-0.25, -0.2) is 8.42 Å². The fraction of sp³-hybridized carbons (Fsp3) is 0.476. The minimum Gasteiger partial charge on any atom is -0.497 e. The van der Waals surface area contributed by atoms with Crippen LogP contribution in [0.15, 0.2) is 47.1 Å². The molecule has 2 rings (SSSR count). The molecular weight excluding hydrogens is 424 g/mol. The molecule has 10 heteroatoms. The van der Waals surface area contributed by atoms with Gasteiger partial charge in [0.2, 0.25) is 20.7 Å². The van der Waals surface area contributed by atoms with Gasteiger partial charge < -0.3 is 24.3 Å². The van der Waals surface area contributed by atoms with Gasteiger partial charge in [-0.3, -0.25) is 10.1 Å². The van der Waals surface area contributed by atoms with Gasteiger partial charge in [0.25, 0.3) is 0 Å². The largest absolute Gasteiger partial charge is 0.497 e. The maximum absolute atomic E-state index is 13.7. The van der Waals surface area contributed by atoms with E-state index in [1.165, 1.54) is 58.8 Å². The van der Waals surface area contributed by atoms with Crippen molar-refractivity contribution >= 4 is 15.7 Å². The van der Waals surface area contributed by atoms with E-state index in [9.17, 15) is 13.2 Å². The minimum absolute atomic E-state index is 0.0202. The van der Waals surface area contributed by atoms with Gasteiger partial charge in [0.1, 0.15) is 5.76 Å². The third-order valence-corrected chi connectivity index (χ3v) is 7.21. The number of carbonyl (C=O) groups is 1. The molecule has 0 bridgehead atoms. The predicted octanol–water partition coefficient (Wildman–Crippen LogP) is 1.40. The Morgan fingerprint density at radius 1 is 1.10 bits per heavy atom. The molecule has 172 valence electrons. The van der Waals surface area contributed by atoms with E-state index in [1.54, 1.807) is 6.08 Å². The van der Waals surface area contributed by atoms with Crippen molar-refractivity contribution in [3.63, 3.8) is 0 Å². The van der Waals surface area contributed by atoms with Crippen LogP contribution in [-0.4, -0.2) is 66.8 Å². The highest BCUT2D eigenvalue weighted by Crippen LogP contribution is 2.38. The topological polar surface area (TPSA) is 112 Å². The molecule has 0 radical (unpaired) electrons. The second kappa shape index (κ2) is 10.7. The van der Waals surface area contributed by atoms with Crippen LogP contribution in [0.4, 0.5) is 0 Å². The van der Waals surface area contributed by atoms with Crippen LogP contribution in [0, 0.1) is 0 Å². The zero-order valence-corrected chi connectivity index (χ0v) is 19.2. The zero-order valence-electron chi connectivity index (χ0n) is 18.4. The second-order valence-electron chi connectivity index (χ2n) is 6.76. The molecule has 1 amide bonds. The van der Waals surface area contributed by atoms with Gasteiger partial charge in [0.05, 0.1) is 38.8 Å². The zero-order chi connectivity index (χ0) is 23.1. The van der Waals surface area contributed by atoms with Crippen LogP contribution in [0.3, 0.4) is 0 Å². The van der Waals surface area contributed by atoms with Crippen molar-refractivity contribution in [3.8, 4) is 11.5 Å². The summed E-state index contributed by atoms with van der Waals surface area (Å²) >= 11 is 0.